The van der Waals surface area contributed by atoms with Crippen LogP contribution in [0, 0.1) is 25.1 Å². The van der Waals surface area contributed by atoms with Crippen LogP contribution in [0.2, 0.25) is 0 Å². The van der Waals surface area contributed by atoms with Crippen molar-refractivity contribution in [1.29, 1.82) is 0 Å². The van der Waals surface area contributed by atoms with Gasteiger partial charge in [-0.05, 0) is 87.7 Å². The van der Waals surface area contributed by atoms with Gasteiger partial charge in [-0.15, -0.1) is 15.7 Å². The zero-order chi connectivity index (χ0) is 31.3. The zero-order valence-electron chi connectivity index (χ0n) is 25.8. The van der Waals surface area contributed by atoms with E-state index in [0.29, 0.717) is 69.6 Å². The summed E-state index contributed by atoms with van der Waals surface area (Å²) in [6.45, 7) is 5.67. The monoisotopic (exact) mass is 638 g/mol. The van der Waals surface area contributed by atoms with Gasteiger partial charge in [0.15, 0.2) is 0 Å². The number of phenols is 1. The Morgan fingerprint density at radius 3 is 2.80 bits per heavy atom. The van der Waals surface area contributed by atoms with E-state index >= 15 is 4.39 Å². The SMILES string of the molecule is C#Cc1c(F)c(C)cc2cc(O)cc(-c3nc4c5c(nc(OCC67CCCN6CCC7)nc5c3P)N3C[C@H]5CC[C@H](N5)[C@H]3CO4)c12. The number of fused-ring (bicyclic) bond motifs is 7. The van der Waals surface area contributed by atoms with Gasteiger partial charge in [0.25, 0.3) is 0 Å². The van der Waals surface area contributed by atoms with Gasteiger partial charge in [-0.2, -0.15) is 9.97 Å². The summed E-state index contributed by atoms with van der Waals surface area (Å²) < 4.78 is 28.5. The normalized spacial score (nSPS) is 24.5. The molecule has 0 amide bonds. The van der Waals surface area contributed by atoms with Crippen LogP contribution in [0.1, 0.15) is 49.7 Å². The van der Waals surface area contributed by atoms with Crippen molar-refractivity contribution in [2.75, 3.05) is 37.7 Å². The second-order valence-corrected chi connectivity index (χ2v) is 14.2. The van der Waals surface area contributed by atoms with E-state index in [-0.39, 0.29) is 28.9 Å². The molecule has 0 spiro atoms. The molecule has 7 heterocycles. The lowest BCUT2D eigenvalue weighted by Gasteiger charge is -2.40. The number of nitrogens with one attached hydrogen (secondary N) is 1. The summed E-state index contributed by atoms with van der Waals surface area (Å²) in [5.74, 6) is 3.30. The maximum absolute atomic E-state index is 15.4. The molecular formula is C35H36FN6O3P. The fourth-order valence-corrected chi connectivity index (χ4v) is 9.29. The molecule has 2 aromatic carbocycles. The Morgan fingerprint density at radius 1 is 1.17 bits per heavy atom. The molecule has 4 saturated heterocycles. The van der Waals surface area contributed by atoms with E-state index in [1.54, 1.807) is 25.1 Å². The lowest BCUT2D eigenvalue weighted by Crippen LogP contribution is -2.60. The van der Waals surface area contributed by atoms with Crippen molar-refractivity contribution < 1.29 is 19.0 Å². The van der Waals surface area contributed by atoms with Crippen LogP contribution in [0.3, 0.4) is 0 Å². The predicted molar refractivity (Wildman–Crippen MR) is 179 cm³/mol. The summed E-state index contributed by atoms with van der Waals surface area (Å²) in [7, 11) is 2.79. The van der Waals surface area contributed by atoms with Crippen molar-refractivity contribution >= 4 is 42.0 Å². The smallest absolute Gasteiger partial charge is 0.319 e. The number of rotatable bonds is 4. The number of phenolic OH excluding ortho intramolecular Hbond substituents is 1. The van der Waals surface area contributed by atoms with Gasteiger partial charge in [0.1, 0.15) is 36.0 Å². The minimum Gasteiger partial charge on any atom is -0.508 e. The van der Waals surface area contributed by atoms with Gasteiger partial charge in [0.05, 0.1) is 28.4 Å². The summed E-state index contributed by atoms with van der Waals surface area (Å²) in [6, 6.07) is 5.95. The predicted octanol–water partition coefficient (Wildman–Crippen LogP) is 4.19. The number of hydrogen-bond donors (Lipinski definition) is 2. The summed E-state index contributed by atoms with van der Waals surface area (Å²) in [5, 5.41) is 17.1. The first-order valence-corrected chi connectivity index (χ1v) is 16.9. The van der Waals surface area contributed by atoms with Crippen LogP contribution in [0.4, 0.5) is 10.2 Å². The number of hydrogen-bond acceptors (Lipinski definition) is 9. The first-order chi connectivity index (χ1) is 22.3. The highest BCUT2D eigenvalue weighted by Gasteiger charge is 2.46. The topological polar surface area (TPSA) is 95.9 Å². The molecule has 5 aliphatic heterocycles. The van der Waals surface area contributed by atoms with Crippen LogP contribution in [0.5, 0.6) is 17.6 Å². The highest BCUT2D eigenvalue weighted by molar-refractivity contribution is 7.28. The summed E-state index contributed by atoms with van der Waals surface area (Å²) in [5.41, 5.74) is 2.20. The number of aromatic hydroxyl groups is 1. The maximum atomic E-state index is 15.4. The molecule has 11 heteroatoms. The van der Waals surface area contributed by atoms with Gasteiger partial charge in [0.2, 0.25) is 5.88 Å². The molecule has 46 heavy (non-hydrogen) atoms. The molecule has 9 rings (SSSR count). The molecule has 4 fully saturated rings. The molecule has 0 radical (unpaired) electrons. The van der Waals surface area contributed by atoms with Crippen molar-refractivity contribution in [3.63, 3.8) is 0 Å². The average Bonchev–Trinajstić information content (AvgIpc) is 3.72. The minimum absolute atomic E-state index is 0.0260. The highest BCUT2D eigenvalue weighted by Crippen LogP contribution is 2.44. The second-order valence-electron chi connectivity index (χ2n) is 13.6. The quantitative estimate of drug-likeness (QED) is 0.252. The molecule has 236 valence electrons. The Balaban J connectivity index is 1.26. The summed E-state index contributed by atoms with van der Waals surface area (Å²) in [4.78, 5) is 20.1. The number of anilines is 1. The largest absolute Gasteiger partial charge is 0.508 e. The van der Waals surface area contributed by atoms with Gasteiger partial charge in [0, 0.05) is 34.9 Å². The summed E-state index contributed by atoms with van der Waals surface area (Å²) >= 11 is 0. The van der Waals surface area contributed by atoms with Crippen LogP contribution in [0.25, 0.3) is 32.9 Å². The van der Waals surface area contributed by atoms with Crippen molar-refractivity contribution in [2.24, 2.45) is 0 Å². The number of nitrogens with zero attached hydrogens (tertiary/aromatic N) is 5. The lowest BCUT2D eigenvalue weighted by molar-refractivity contribution is 0.108. The van der Waals surface area contributed by atoms with Gasteiger partial charge in [-0.3, -0.25) is 4.90 Å². The molecule has 0 saturated carbocycles. The third-order valence-electron chi connectivity index (χ3n) is 11.0. The standard InChI is InChI=1S/C35H36FN6O3P/c1-3-22-26-19(12-18(2)28(22)36)13-21(43)14-23(26)29-31(46)30-27-32(40-34(39-30)45-17-35-8-4-10-41(35)11-5-9-35)42-15-20-6-7-24(37-20)25(42)16-44-33(27)38-29/h1,12-14,20,24-25,37,43H,4-11,15-17,46H2,2H3/t20-,24+,25-/m1/s1. The number of benzene rings is 2. The van der Waals surface area contributed by atoms with E-state index in [9.17, 15) is 5.11 Å². The number of ether oxygens (including phenoxy) is 2. The van der Waals surface area contributed by atoms with Crippen molar-refractivity contribution in [3.8, 4) is 41.2 Å². The molecule has 1 unspecified atom stereocenters. The molecule has 2 aromatic heterocycles. The Bertz CT molecular complexity index is 1990. The molecule has 9 nitrogen and oxygen atoms in total. The fraction of sp³-hybridized carbons (Fsp3) is 0.457. The van der Waals surface area contributed by atoms with Gasteiger partial charge in [-0.1, -0.05) is 5.92 Å². The van der Waals surface area contributed by atoms with E-state index < -0.39 is 5.82 Å². The average molecular weight is 639 g/mol. The summed E-state index contributed by atoms with van der Waals surface area (Å²) in [6.07, 6.45) is 12.7. The molecule has 5 aliphatic rings. The lowest BCUT2D eigenvalue weighted by atomic mass is 9.94. The van der Waals surface area contributed by atoms with Gasteiger partial charge >= 0.3 is 6.01 Å². The zero-order valence-corrected chi connectivity index (χ0v) is 26.9. The van der Waals surface area contributed by atoms with Gasteiger partial charge in [-0.25, -0.2) is 9.37 Å². The second kappa shape index (κ2) is 10.4. The van der Waals surface area contributed by atoms with Crippen LogP contribution in [-0.2, 0) is 0 Å². The molecule has 2 bridgehead atoms. The van der Waals surface area contributed by atoms with E-state index in [1.807, 2.05) is 0 Å². The van der Waals surface area contributed by atoms with Crippen LogP contribution in [-0.4, -0.2) is 81.5 Å². The first-order valence-electron chi connectivity index (χ1n) is 16.3. The van der Waals surface area contributed by atoms with E-state index in [2.05, 4.69) is 30.3 Å². The van der Waals surface area contributed by atoms with E-state index in [4.69, 9.17) is 30.8 Å². The number of pyridine rings is 1. The Morgan fingerprint density at radius 2 is 2.00 bits per heavy atom. The first kappa shape index (κ1) is 28.5. The number of aryl methyl sites for hydroxylation is 1. The van der Waals surface area contributed by atoms with E-state index in [0.717, 1.165) is 56.5 Å². The van der Waals surface area contributed by atoms with Crippen molar-refractivity contribution in [3.05, 3.63) is 35.1 Å². The minimum atomic E-state index is -0.464. The Hall–Kier alpha value is -3.77. The number of aromatic nitrogens is 3. The number of halogens is 1. The molecular weight excluding hydrogens is 602 g/mol. The molecule has 2 N–H and O–H groups in total. The maximum Gasteiger partial charge on any atom is 0.319 e. The molecule has 0 aliphatic carbocycles. The van der Waals surface area contributed by atoms with Crippen molar-refractivity contribution in [2.45, 2.75) is 69.1 Å². The van der Waals surface area contributed by atoms with Crippen LogP contribution >= 0.6 is 9.24 Å². The fourth-order valence-electron chi connectivity index (χ4n) is 8.86. The van der Waals surface area contributed by atoms with E-state index in [1.165, 1.54) is 12.8 Å². The van der Waals surface area contributed by atoms with Crippen molar-refractivity contribution in [1.82, 2.24) is 25.2 Å². The third-order valence-corrected chi connectivity index (χ3v) is 11.6. The van der Waals surface area contributed by atoms with Gasteiger partial charge < -0.3 is 24.8 Å². The number of piperazine rings is 1. The molecule has 4 atom stereocenters. The highest BCUT2D eigenvalue weighted by atomic mass is 31.0. The van der Waals surface area contributed by atoms with Crippen LogP contribution < -0.4 is 25.0 Å². The Kier molecular flexibility index (Phi) is 6.41. The van der Waals surface area contributed by atoms with Crippen LogP contribution in [0.15, 0.2) is 18.2 Å². The molecule has 4 aromatic rings. The Labute approximate surface area is 269 Å². The number of terminal acetylenes is 1. The third kappa shape index (κ3) is 4.14.